The molecule has 2 aromatic carbocycles. The van der Waals surface area contributed by atoms with Crippen LogP contribution in [-0.2, 0) is 16.1 Å². The predicted molar refractivity (Wildman–Crippen MR) is 143 cm³/mol. The average molecular weight is 544 g/mol. The molecule has 4 rings (SSSR count). The van der Waals surface area contributed by atoms with E-state index in [0.717, 1.165) is 31.0 Å². The van der Waals surface area contributed by atoms with E-state index in [1.165, 1.54) is 18.2 Å². The van der Waals surface area contributed by atoms with Gasteiger partial charge in [0.2, 0.25) is 4.90 Å². The first-order valence-electron chi connectivity index (χ1n) is 11.9. The Balaban J connectivity index is 1.67. The van der Waals surface area contributed by atoms with Crippen molar-refractivity contribution >= 4 is 34.2 Å². The molecule has 0 saturated carbocycles. The first kappa shape index (κ1) is 27.5. The van der Waals surface area contributed by atoms with Crippen molar-refractivity contribution in [1.29, 1.82) is 5.41 Å². The number of pyridine rings is 1. The number of nitrogens with zero attached hydrogens (tertiary/aromatic N) is 2. The minimum Gasteiger partial charge on any atom is -0.588 e. The lowest BCUT2D eigenvalue weighted by atomic mass is 9.96. The average Bonchev–Trinajstić information content (AvgIpc) is 2.92. The van der Waals surface area contributed by atoms with Gasteiger partial charge in [0.1, 0.15) is 28.7 Å². The normalized spacial score (nSPS) is 15.2. The Hall–Kier alpha value is -3.54. The predicted octanol–water partition coefficient (Wildman–Crippen LogP) is 4.88. The Morgan fingerprint density at radius 3 is 2.63 bits per heavy atom. The number of rotatable bonds is 9. The highest BCUT2D eigenvalue weighted by molar-refractivity contribution is 7.92. The Kier molecular flexibility index (Phi) is 8.93. The van der Waals surface area contributed by atoms with Crippen molar-refractivity contribution in [3.8, 4) is 0 Å². The summed E-state index contributed by atoms with van der Waals surface area (Å²) in [5, 5.41) is 12.3. The monoisotopic (exact) mass is 543 g/mol. The van der Waals surface area contributed by atoms with E-state index >= 15 is 4.39 Å². The van der Waals surface area contributed by atoms with E-state index in [1.807, 2.05) is 19.0 Å². The van der Waals surface area contributed by atoms with Crippen molar-refractivity contribution in [2.24, 2.45) is 0 Å². The molecule has 2 heterocycles. The number of anilines is 2. The van der Waals surface area contributed by atoms with Crippen molar-refractivity contribution in [3.63, 3.8) is 0 Å². The summed E-state index contributed by atoms with van der Waals surface area (Å²) in [4.78, 5) is 5.70. The van der Waals surface area contributed by atoms with Gasteiger partial charge in [0.25, 0.3) is 0 Å². The highest BCUT2D eigenvalue weighted by atomic mass is 32.2. The fourth-order valence-corrected chi connectivity index (χ4v) is 4.85. The molecule has 1 atom stereocenters. The van der Waals surface area contributed by atoms with Crippen molar-refractivity contribution in [1.82, 2.24) is 10.3 Å². The molecule has 0 bridgehead atoms. The van der Waals surface area contributed by atoms with Gasteiger partial charge in [-0.05, 0) is 54.8 Å². The Bertz CT molecular complexity index is 1330. The van der Waals surface area contributed by atoms with E-state index in [1.54, 1.807) is 24.5 Å². The topological polar surface area (TPSA) is 96.3 Å². The van der Waals surface area contributed by atoms with Gasteiger partial charge in [-0.2, -0.15) is 0 Å². The smallest absolute Gasteiger partial charge is 0.218 e. The number of benzene rings is 2. The SMILES string of the molecule is CN(C)c1cc(/C(=C/NC2CCOCC2)C(=N)c2cccc(N[S+]([O-])c3cc(F)ccc3F)c2F)ccn1. The van der Waals surface area contributed by atoms with Crippen LogP contribution in [0.1, 0.15) is 24.0 Å². The third-order valence-electron chi connectivity index (χ3n) is 6.03. The Labute approximate surface area is 222 Å². The molecule has 7 nitrogen and oxygen atoms in total. The van der Waals surface area contributed by atoms with E-state index in [-0.39, 0.29) is 23.0 Å². The molecule has 0 spiro atoms. The fourth-order valence-electron chi connectivity index (χ4n) is 3.92. The van der Waals surface area contributed by atoms with Gasteiger partial charge < -0.3 is 19.5 Å². The van der Waals surface area contributed by atoms with Crippen LogP contribution < -0.4 is 14.9 Å². The Morgan fingerprint density at radius 2 is 1.89 bits per heavy atom. The van der Waals surface area contributed by atoms with Gasteiger partial charge in [0, 0.05) is 63.0 Å². The van der Waals surface area contributed by atoms with E-state index in [0.29, 0.717) is 30.2 Å². The maximum absolute atomic E-state index is 15.7. The van der Waals surface area contributed by atoms with E-state index in [9.17, 15) is 13.3 Å². The van der Waals surface area contributed by atoms with Crippen LogP contribution in [0.3, 0.4) is 0 Å². The molecule has 0 aliphatic carbocycles. The molecule has 1 unspecified atom stereocenters. The van der Waals surface area contributed by atoms with E-state index in [2.05, 4.69) is 15.0 Å². The second-order valence-electron chi connectivity index (χ2n) is 8.90. The van der Waals surface area contributed by atoms with Crippen LogP contribution >= 0.6 is 0 Å². The number of allylic oxidation sites excluding steroid dienone is 1. The van der Waals surface area contributed by atoms with Crippen LogP contribution in [0.5, 0.6) is 0 Å². The molecule has 11 heteroatoms. The molecule has 1 aromatic heterocycles. The van der Waals surface area contributed by atoms with Crippen molar-refractivity contribution in [2.45, 2.75) is 23.8 Å². The number of nitrogens with one attached hydrogen (secondary N) is 3. The van der Waals surface area contributed by atoms with Crippen LogP contribution in [0.25, 0.3) is 5.57 Å². The summed E-state index contributed by atoms with van der Waals surface area (Å²) in [5.74, 6) is -1.84. The highest BCUT2D eigenvalue weighted by Gasteiger charge is 2.23. The third-order valence-corrected chi connectivity index (χ3v) is 7.15. The summed E-state index contributed by atoms with van der Waals surface area (Å²) in [6, 6.07) is 10.5. The first-order chi connectivity index (χ1) is 18.2. The van der Waals surface area contributed by atoms with Crippen molar-refractivity contribution < 1.29 is 22.5 Å². The maximum atomic E-state index is 15.7. The van der Waals surface area contributed by atoms with E-state index in [4.69, 9.17) is 10.1 Å². The minimum absolute atomic E-state index is 0.0602. The Morgan fingerprint density at radius 1 is 1.13 bits per heavy atom. The van der Waals surface area contributed by atoms with Gasteiger partial charge in [-0.15, -0.1) is 0 Å². The zero-order valence-electron chi connectivity index (χ0n) is 20.9. The number of ether oxygens (including phenoxy) is 1. The van der Waals surface area contributed by atoms with Crippen molar-refractivity contribution in [2.75, 3.05) is 36.9 Å². The van der Waals surface area contributed by atoms with Crippen LogP contribution in [0.15, 0.2) is 65.8 Å². The molecule has 38 heavy (non-hydrogen) atoms. The summed E-state index contributed by atoms with van der Waals surface area (Å²) in [6.45, 7) is 1.26. The number of aromatic nitrogens is 1. The van der Waals surface area contributed by atoms with Gasteiger partial charge in [-0.25, -0.2) is 22.9 Å². The van der Waals surface area contributed by atoms with Crippen molar-refractivity contribution in [3.05, 3.63) is 89.5 Å². The zero-order chi connectivity index (χ0) is 27.2. The molecule has 0 radical (unpaired) electrons. The molecular weight excluding hydrogens is 515 g/mol. The highest BCUT2D eigenvalue weighted by Crippen LogP contribution is 2.28. The van der Waals surface area contributed by atoms with E-state index < -0.39 is 33.7 Å². The number of halogens is 3. The summed E-state index contributed by atoms with van der Waals surface area (Å²) in [6.07, 6.45) is 4.91. The van der Waals surface area contributed by atoms with Gasteiger partial charge >= 0.3 is 0 Å². The fraction of sp³-hybridized carbons (Fsp3) is 0.259. The molecule has 1 fully saturated rings. The second kappa shape index (κ2) is 12.3. The third kappa shape index (κ3) is 6.47. The minimum atomic E-state index is -2.28. The number of hydrogen-bond acceptors (Lipinski definition) is 7. The molecular formula is C27H28F3N5O2S. The molecule has 200 valence electrons. The standard InChI is InChI=1S/C27H28F3N5O2S/c1-35(2)25-14-17(8-11-32-25)21(16-33-19-9-12-37-13-10-19)27(31)20-4-3-5-23(26(20)30)34-38(36)24-15-18(28)6-7-22(24)29/h3-8,11,14-16,19,31,33-34H,9-10,12-13H2,1-2H3/b21-16-,31-27?. The van der Waals surface area contributed by atoms with Crippen LogP contribution in [0, 0.1) is 22.9 Å². The first-order valence-corrected chi connectivity index (χ1v) is 13.1. The van der Waals surface area contributed by atoms with Crippen LogP contribution in [-0.4, -0.2) is 48.6 Å². The summed E-state index contributed by atoms with van der Waals surface area (Å²) >= 11 is -2.28. The maximum Gasteiger partial charge on any atom is 0.218 e. The summed E-state index contributed by atoms with van der Waals surface area (Å²) < 4.78 is 63.8. The lowest BCUT2D eigenvalue weighted by Gasteiger charge is -2.23. The molecule has 1 aliphatic rings. The summed E-state index contributed by atoms with van der Waals surface area (Å²) in [7, 11) is 3.69. The van der Waals surface area contributed by atoms with Gasteiger partial charge in [-0.3, -0.25) is 5.41 Å². The second-order valence-corrected chi connectivity index (χ2v) is 10.1. The largest absolute Gasteiger partial charge is 0.588 e. The van der Waals surface area contributed by atoms with Gasteiger partial charge in [0.15, 0.2) is 11.6 Å². The lowest BCUT2D eigenvalue weighted by Crippen LogP contribution is -2.31. The van der Waals surface area contributed by atoms with Crippen LogP contribution in [0.2, 0.25) is 0 Å². The number of hydrogen-bond donors (Lipinski definition) is 3. The van der Waals surface area contributed by atoms with Gasteiger partial charge in [0.05, 0.1) is 5.71 Å². The van der Waals surface area contributed by atoms with Crippen LogP contribution in [0.4, 0.5) is 24.7 Å². The molecule has 1 aliphatic heterocycles. The molecule has 0 amide bonds. The lowest BCUT2D eigenvalue weighted by molar-refractivity contribution is 0.0812. The molecule has 3 aromatic rings. The zero-order valence-corrected chi connectivity index (χ0v) is 21.7. The molecule has 3 N–H and O–H groups in total. The van der Waals surface area contributed by atoms with Gasteiger partial charge in [-0.1, -0.05) is 6.07 Å². The quantitative estimate of drug-likeness (QED) is 0.263. The molecule has 1 saturated heterocycles. The summed E-state index contributed by atoms with van der Waals surface area (Å²) in [5.41, 5.74) is 0.681.